The summed E-state index contributed by atoms with van der Waals surface area (Å²) in [6.07, 6.45) is 1.33. The van der Waals surface area contributed by atoms with E-state index in [0.717, 1.165) is 25.9 Å². The summed E-state index contributed by atoms with van der Waals surface area (Å²) in [5.74, 6) is 1.21. The lowest BCUT2D eigenvalue weighted by atomic mass is 9.87. The van der Waals surface area contributed by atoms with Gasteiger partial charge in [0.1, 0.15) is 5.75 Å². The smallest absolute Gasteiger partial charge is 0.142 e. The van der Waals surface area contributed by atoms with Crippen molar-refractivity contribution >= 4 is 5.69 Å². The van der Waals surface area contributed by atoms with Gasteiger partial charge in [-0.3, -0.25) is 0 Å². The van der Waals surface area contributed by atoms with Gasteiger partial charge in [0, 0.05) is 0 Å². The molecule has 0 unspecified atom stereocenters. The molecular formula is C15H24N2O. The molecule has 0 bridgehead atoms. The fourth-order valence-corrected chi connectivity index (χ4v) is 2.61. The van der Waals surface area contributed by atoms with E-state index in [2.05, 4.69) is 12.2 Å². The van der Waals surface area contributed by atoms with Crippen LogP contribution in [0.1, 0.15) is 45.1 Å². The maximum atomic E-state index is 7.85. The van der Waals surface area contributed by atoms with Crippen molar-refractivity contribution in [3.05, 3.63) is 23.3 Å². The monoisotopic (exact) mass is 249 g/mol. The van der Waals surface area contributed by atoms with Crippen LogP contribution in [-0.2, 0) is 0 Å². The molecule has 1 aliphatic rings. The quantitative estimate of drug-likeness (QED) is 0.810. The van der Waals surface area contributed by atoms with E-state index in [9.17, 15) is 0 Å². The number of nitrogens with two attached hydrogens (primary N) is 1. The van der Waals surface area contributed by atoms with E-state index in [1.165, 1.54) is 11.1 Å². The van der Waals surface area contributed by atoms with E-state index in [4.69, 9.17) is 11.8 Å². The van der Waals surface area contributed by atoms with Crippen LogP contribution in [0.25, 0.3) is 0 Å². The Balaban J connectivity index is 2.30. The summed E-state index contributed by atoms with van der Waals surface area (Å²) in [6, 6.07) is 4.01. The molecule has 1 heterocycles. The highest BCUT2D eigenvalue weighted by Crippen LogP contribution is 2.34. The van der Waals surface area contributed by atoms with Crippen LogP contribution < -0.4 is 15.8 Å². The molecule has 0 radical (unpaired) electrons. The third-order valence-corrected chi connectivity index (χ3v) is 3.49. The van der Waals surface area contributed by atoms with Gasteiger partial charge in [0.25, 0.3) is 0 Å². The van der Waals surface area contributed by atoms with Gasteiger partial charge in [-0.05, 0) is 75.9 Å². The highest BCUT2D eigenvalue weighted by atomic mass is 16.5. The first-order chi connectivity index (χ1) is 8.87. The van der Waals surface area contributed by atoms with Crippen LogP contribution in [0.2, 0.25) is 0 Å². The Morgan fingerprint density at radius 3 is 2.67 bits per heavy atom. The minimum atomic E-state index is -0.964. The molecule has 100 valence electrons. The molecule has 0 atom stereocenters. The summed E-state index contributed by atoms with van der Waals surface area (Å²) in [6.45, 7) is 7.67. The van der Waals surface area contributed by atoms with Crippen LogP contribution in [0.15, 0.2) is 12.1 Å². The first-order valence-electron chi connectivity index (χ1n) is 7.16. The van der Waals surface area contributed by atoms with E-state index < -0.39 is 6.08 Å². The predicted molar refractivity (Wildman–Crippen MR) is 76.2 cm³/mol. The number of nitrogens with one attached hydrogen (secondary N) is 1. The van der Waals surface area contributed by atoms with Crippen molar-refractivity contribution in [2.75, 3.05) is 18.8 Å². The van der Waals surface area contributed by atoms with Crippen LogP contribution in [0.5, 0.6) is 5.75 Å². The first-order valence-corrected chi connectivity index (χ1v) is 6.66. The Morgan fingerprint density at radius 2 is 2.06 bits per heavy atom. The number of hydrogen-bond donors (Lipinski definition) is 2. The Labute approximate surface area is 111 Å². The predicted octanol–water partition coefficient (Wildman–Crippen LogP) is 2.83. The average molecular weight is 249 g/mol. The molecule has 18 heavy (non-hydrogen) atoms. The molecule has 1 aromatic carbocycles. The molecule has 1 saturated heterocycles. The standard InChI is InChI=1S/C15H24N2O/c1-10(2)18-15-9-13(11(3)8-14(15)16)12-4-6-17-7-5-12/h8-10,12,17H,4-7,16H2,1-3H3/i10D. The van der Waals surface area contributed by atoms with Crippen molar-refractivity contribution in [2.24, 2.45) is 0 Å². The lowest BCUT2D eigenvalue weighted by Crippen LogP contribution is -2.27. The number of ether oxygens (including phenoxy) is 1. The Hall–Kier alpha value is -1.22. The van der Waals surface area contributed by atoms with Crippen molar-refractivity contribution in [3.63, 3.8) is 0 Å². The van der Waals surface area contributed by atoms with Crippen LogP contribution in [0.4, 0.5) is 5.69 Å². The minimum absolute atomic E-state index is 0.568. The second-order valence-corrected chi connectivity index (χ2v) is 5.28. The number of aryl methyl sites for hydroxylation is 1. The fraction of sp³-hybridized carbons (Fsp3) is 0.600. The lowest BCUT2D eigenvalue weighted by Gasteiger charge is -2.25. The maximum absolute atomic E-state index is 7.85. The second-order valence-electron chi connectivity index (χ2n) is 5.28. The normalized spacial score (nSPS) is 18.5. The zero-order valence-corrected chi connectivity index (χ0v) is 11.5. The molecule has 1 aliphatic heterocycles. The van der Waals surface area contributed by atoms with Crippen molar-refractivity contribution in [3.8, 4) is 5.75 Å². The van der Waals surface area contributed by atoms with Crippen LogP contribution in [-0.4, -0.2) is 19.2 Å². The molecule has 0 spiro atoms. The third kappa shape index (κ3) is 2.96. The first kappa shape index (κ1) is 11.8. The van der Waals surface area contributed by atoms with E-state index >= 15 is 0 Å². The summed E-state index contributed by atoms with van der Waals surface area (Å²) in [5.41, 5.74) is 9.16. The van der Waals surface area contributed by atoms with Crippen molar-refractivity contribution < 1.29 is 6.11 Å². The molecule has 0 aromatic heterocycles. The van der Waals surface area contributed by atoms with E-state index in [1.807, 2.05) is 12.1 Å². The number of hydrogen-bond acceptors (Lipinski definition) is 3. The number of nitrogen functional groups attached to an aromatic ring is 1. The van der Waals surface area contributed by atoms with E-state index in [-0.39, 0.29) is 0 Å². The van der Waals surface area contributed by atoms with Crippen LogP contribution >= 0.6 is 0 Å². The largest absolute Gasteiger partial charge is 0.489 e. The van der Waals surface area contributed by atoms with Gasteiger partial charge >= 0.3 is 0 Å². The second kappa shape index (κ2) is 5.61. The van der Waals surface area contributed by atoms with Gasteiger partial charge in [0.15, 0.2) is 0 Å². The molecule has 3 N–H and O–H groups in total. The van der Waals surface area contributed by atoms with Gasteiger partial charge in [-0.25, -0.2) is 0 Å². The summed E-state index contributed by atoms with van der Waals surface area (Å²) < 4.78 is 13.5. The topological polar surface area (TPSA) is 47.3 Å². The van der Waals surface area contributed by atoms with Gasteiger partial charge in [0.05, 0.1) is 13.1 Å². The molecular weight excluding hydrogens is 224 g/mol. The zero-order valence-electron chi connectivity index (χ0n) is 12.5. The minimum Gasteiger partial charge on any atom is -0.489 e. The Kier molecular flexibility index (Phi) is 3.69. The Bertz CT molecular complexity index is 448. The van der Waals surface area contributed by atoms with Gasteiger partial charge in [-0.15, -0.1) is 0 Å². The maximum Gasteiger partial charge on any atom is 0.142 e. The van der Waals surface area contributed by atoms with Gasteiger partial charge in [0.2, 0.25) is 0 Å². The lowest BCUT2D eigenvalue weighted by molar-refractivity contribution is 0.243. The van der Waals surface area contributed by atoms with Crippen LogP contribution in [0, 0.1) is 6.92 Å². The van der Waals surface area contributed by atoms with Gasteiger partial charge < -0.3 is 15.8 Å². The Morgan fingerprint density at radius 1 is 1.39 bits per heavy atom. The third-order valence-electron chi connectivity index (χ3n) is 3.49. The molecule has 0 aliphatic carbocycles. The molecule has 3 nitrogen and oxygen atoms in total. The van der Waals surface area contributed by atoms with E-state index in [1.54, 1.807) is 13.8 Å². The number of anilines is 1. The van der Waals surface area contributed by atoms with Gasteiger partial charge in [-0.2, -0.15) is 0 Å². The van der Waals surface area contributed by atoms with Gasteiger partial charge in [-0.1, -0.05) is 0 Å². The summed E-state index contributed by atoms with van der Waals surface area (Å²) in [4.78, 5) is 0. The fourth-order valence-electron chi connectivity index (χ4n) is 2.61. The molecule has 1 fully saturated rings. The van der Waals surface area contributed by atoms with E-state index in [0.29, 0.717) is 17.4 Å². The van der Waals surface area contributed by atoms with Crippen molar-refractivity contribution in [1.29, 1.82) is 0 Å². The SMILES string of the molecule is [2H]C(C)(C)Oc1cc(C2CCNCC2)c(C)cc1N. The average Bonchev–Trinajstić information content (AvgIpc) is 2.32. The van der Waals surface area contributed by atoms with Crippen molar-refractivity contribution in [2.45, 2.75) is 45.6 Å². The highest BCUT2D eigenvalue weighted by Gasteiger charge is 2.19. The molecule has 0 amide bonds. The number of rotatable bonds is 3. The summed E-state index contributed by atoms with van der Waals surface area (Å²) in [7, 11) is 0. The van der Waals surface area contributed by atoms with Crippen LogP contribution in [0.3, 0.4) is 0 Å². The molecule has 1 aromatic rings. The zero-order chi connectivity index (χ0) is 14.0. The summed E-state index contributed by atoms with van der Waals surface area (Å²) >= 11 is 0. The van der Waals surface area contributed by atoms with Crippen molar-refractivity contribution in [1.82, 2.24) is 5.32 Å². The summed E-state index contributed by atoms with van der Waals surface area (Å²) in [5, 5.41) is 3.38. The molecule has 3 heteroatoms. The number of benzene rings is 1. The molecule has 0 saturated carbocycles. The highest BCUT2D eigenvalue weighted by molar-refractivity contribution is 5.57. The molecule has 2 rings (SSSR count). The number of piperidine rings is 1.